The van der Waals surface area contributed by atoms with Gasteiger partial charge < -0.3 is 9.51 Å². The van der Waals surface area contributed by atoms with Gasteiger partial charge in [-0.05, 0) is 5.92 Å². The number of hydrogen-bond donors (Lipinski definition) is 1. The van der Waals surface area contributed by atoms with Crippen LogP contribution in [0.4, 0.5) is 0 Å². The number of imidazole rings is 1. The quantitative estimate of drug-likeness (QED) is 0.807. The largest absolute Gasteiger partial charge is 0.476 e. The highest BCUT2D eigenvalue weighted by atomic mass is 16.4. The number of carbonyl (C=O) groups is 1. The third-order valence-electron chi connectivity index (χ3n) is 2.24. The van der Waals surface area contributed by atoms with E-state index in [-0.39, 0.29) is 5.69 Å². The number of carboxylic acids is 1. The van der Waals surface area contributed by atoms with Crippen molar-refractivity contribution >= 4 is 11.6 Å². The minimum absolute atomic E-state index is 0.0300. The lowest BCUT2D eigenvalue weighted by molar-refractivity contribution is 0.0690. The third-order valence-corrected chi connectivity index (χ3v) is 2.24. The van der Waals surface area contributed by atoms with Gasteiger partial charge in [-0.1, -0.05) is 13.8 Å². The van der Waals surface area contributed by atoms with Crippen LogP contribution < -0.4 is 0 Å². The molecule has 0 radical (unpaired) electrons. The molecule has 0 unspecified atom stereocenters. The SMILES string of the molecule is CC(C)c1cnc2cnc(C(=O)O)cn12. The predicted octanol–water partition coefficient (Wildman–Crippen LogP) is 1.55. The molecule has 0 aliphatic heterocycles. The van der Waals surface area contributed by atoms with Gasteiger partial charge in [0.05, 0.1) is 6.20 Å². The molecule has 2 rings (SSSR count). The molecule has 5 nitrogen and oxygen atoms in total. The second-order valence-corrected chi connectivity index (χ2v) is 3.64. The Morgan fingerprint density at radius 1 is 1.40 bits per heavy atom. The Morgan fingerprint density at radius 2 is 2.13 bits per heavy atom. The lowest BCUT2D eigenvalue weighted by Gasteiger charge is -2.04. The minimum Gasteiger partial charge on any atom is -0.476 e. The van der Waals surface area contributed by atoms with Crippen molar-refractivity contribution < 1.29 is 9.90 Å². The Bertz CT molecular complexity index is 516. The maximum Gasteiger partial charge on any atom is 0.356 e. The average molecular weight is 205 g/mol. The second kappa shape index (κ2) is 3.34. The van der Waals surface area contributed by atoms with Crippen molar-refractivity contribution in [3.8, 4) is 0 Å². The van der Waals surface area contributed by atoms with Crippen molar-refractivity contribution in [3.63, 3.8) is 0 Å². The van der Waals surface area contributed by atoms with Gasteiger partial charge in [0.1, 0.15) is 0 Å². The van der Waals surface area contributed by atoms with Crippen LogP contribution in [0, 0.1) is 0 Å². The van der Waals surface area contributed by atoms with Gasteiger partial charge in [0, 0.05) is 18.1 Å². The van der Waals surface area contributed by atoms with Crippen molar-refractivity contribution in [1.82, 2.24) is 14.4 Å². The van der Waals surface area contributed by atoms with Crippen molar-refractivity contribution in [2.24, 2.45) is 0 Å². The Hall–Kier alpha value is -1.91. The number of carboxylic acid groups (broad SMARTS) is 1. The van der Waals surface area contributed by atoms with E-state index in [0.717, 1.165) is 5.69 Å². The summed E-state index contributed by atoms with van der Waals surface area (Å²) in [6.07, 6.45) is 4.71. The van der Waals surface area contributed by atoms with E-state index < -0.39 is 5.97 Å². The summed E-state index contributed by atoms with van der Waals surface area (Å²) in [6, 6.07) is 0. The molecule has 0 aromatic carbocycles. The number of nitrogens with zero attached hydrogens (tertiary/aromatic N) is 3. The van der Waals surface area contributed by atoms with Gasteiger partial charge in [-0.3, -0.25) is 0 Å². The Kier molecular flexibility index (Phi) is 2.15. The zero-order valence-electron chi connectivity index (χ0n) is 8.51. The van der Waals surface area contributed by atoms with Crippen LogP contribution in [0.5, 0.6) is 0 Å². The molecule has 2 aromatic rings. The van der Waals surface area contributed by atoms with Crippen molar-refractivity contribution in [1.29, 1.82) is 0 Å². The maximum atomic E-state index is 10.8. The van der Waals surface area contributed by atoms with Crippen LogP contribution in [0.15, 0.2) is 18.6 Å². The Balaban J connectivity index is 2.66. The molecule has 2 aromatic heterocycles. The molecular weight excluding hydrogens is 194 g/mol. The van der Waals surface area contributed by atoms with E-state index >= 15 is 0 Å². The number of aromatic carboxylic acids is 1. The van der Waals surface area contributed by atoms with Crippen LogP contribution >= 0.6 is 0 Å². The van der Waals surface area contributed by atoms with E-state index in [1.54, 1.807) is 10.6 Å². The van der Waals surface area contributed by atoms with E-state index in [9.17, 15) is 4.79 Å². The molecule has 0 saturated heterocycles. The molecule has 78 valence electrons. The first-order valence-electron chi connectivity index (χ1n) is 4.66. The first-order chi connectivity index (χ1) is 7.09. The predicted molar refractivity (Wildman–Crippen MR) is 54.0 cm³/mol. The zero-order chi connectivity index (χ0) is 11.0. The van der Waals surface area contributed by atoms with E-state index in [2.05, 4.69) is 9.97 Å². The van der Waals surface area contributed by atoms with Gasteiger partial charge in [-0.15, -0.1) is 0 Å². The molecule has 0 bridgehead atoms. The average Bonchev–Trinajstić information content (AvgIpc) is 2.59. The standard InChI is InChI=1S/C10H11N3O2/c1-6(2)8-3-12-9-4-11-7(10(14)15)5-13(8)9/h3-6H,1-2H3,(H,14,15). The molecule has 0 spiro atoms. The molecular formula is C10H11N3O2. The van der Waals surface area contributed by atoms with E-state index in [0.29, 0.717) is 11.6 Å². The van der Waals surface area contributed by atoms with Crippen molar-refractivity contribution in [2.45, 2.75) is 19.8 Å². The zero-order valence-corrected chi connectivity index (χ0v) is 8.51. The first-order valence-corrected chi connectivity index (χ1v) is 4.66. The summed E-state index contributed by atoms with van der Waals surface area (Å²) in [4.78, 5) is 18.7. The molecule has 0 atom stereocenters. The van der Waals surface area contributed by atoms with Gasteiger partial charge in [0.25, 0.3) is 0 Å². The molecule has 1 N–H and O–H groups in total. The Labute approximate surface area is 86.4 Å². The molecule has 0 amide bonds. The lowest BCUT2D eigenvalue weighted by atomic mass is 10.1. The number of fused-ring (bicyclic) bond motifs is 1. The van der Waals surface area contributed by atoms with Gasteiger partial charge in [-0.2, -0.15) is 0 Å². The molecule has 0 saturated carbocycles. The monoisotopic (exact) mass is 205 g/mol. The summed E-state index contributed by atoms with van der Waals surface area (Å²) in [5, 5.41) is 8.82. The molecule has 2 heterocycles. The van der Waals surface area contributed by atoms with Crippen LogP contribution in [0.1, 0.15) is 35.9 Å². The number of aromatic nitrogens is 3. The van der Waals surface area contributed by atoms with Crippen LogP contribution in [0.25, 0.3) is 5.65 Å². The minimum atomic E-state index is -1.03. The maximum absolute atomic E-state index is 10.8. The fourth-order valence-electron chi connectivity index (χ4n) is 1.45. The molecule has 0 fully saturated rings. The number of rotatable bonds is 2. The summed E-state index contributed by atoms with van der Waals surface area (Å²) in [7, 11) is 0. The highest BCUT2D eigenvalue weighted by Gasteiger charge is 2.10. The summed E-state index contributed by atoms with van der Waals surface area (Å²) in [5.41, 5.74) is 1.68. The fraction of sp³-hybridized carbons (Fsp3) is 0.300. The summed E-state index contributed by atoms with van der Waals surface area (Å²) in [6.45, 7) is 4.06. The molecule has 5 heteroatoms. The Morgan fingerprint density at radius 3 is 2.73 bits per heavy atom. The van der Waals surface area contributed by atoms with Crippen LogP contribution in [0.3, 0.4) is 0 Å². The van der Waals surface area contributed by atoms with Crippen LogP contribution in [-0.2, 0) is 0 Å². The van der Waals surface area contributed by atoms with E-state index in [1.165, 1.54) is 12.4 Å². The summed E-state index contributed by atoms with van der Waals surface area (Å²) < 4.78 is 1.76. The van der Waals surface area contributed by atoms with Crippen molar-refractivity contribution in [2.75, 3.05) is 0 Å². The van der Waals surface area contributed by atoms with Crippen LogP contribution in [0.2, 0.25) is 0 Å². The molecule has 0 aliphatic rings. The second-order valence-electron chi connectivity index (χ2n) is 3.64. The normalized spacial score (nSPS) is 11.1. The van der Waals surface area contributed by atoms with E-state index in [4.69, 9.17) is 5.11 Å². The van der Waals surface area contributed by atoms with Gasteiger partial charge >= 0.3 is 5.97 Å². The first kappa shape index (κ1) is 9.64. The summed E-state index contributed by atoms with van der Waals surface area (Å²) in [5.74, 6) is -0.732. The third kappa shape index (κ3) is 1.56. The van der Waals surface area contributed by atoms with Gasteiger partial charge in [-0.25, -0.2) is 14.8 Å². The molecule has 0 aliphatic carbocycles. The fourth-order valence-corrected chi connectivity index (χ4v) is 1.45. The smallest absolute Gasteiger partial charge is 0.356 e. The van der Waals surface area contributed by atoms with Crippen LogP contribution in [-0.4, -0.2) is 25.4 Å². The lowest BCUT2D eigenvalue weighted by Crippen LogP contribution is -2.04. The highest BCUT2D eigenvalue weighted by Crippen LogP contribution is 2.15. The summed E-state index contributed by atoms with van der Waals surface area (Å²) >= 11 is 0. The van der Waals surface area contributed by atoms with Gasteiger partial charge in [0.2, 0.25) is 0 Å². The molecule has 15 heavy (non-hydrogen) atoms. The topological polar surface area (TPSA) is 67.5 Å². The van der Waals surface area contributed by atoms with Gasteiger partial charge in [0.15, 0.2) is 11.3 Å². The van der Waals surface area contributed by atoms with Crippen molar-refractivity contribution in [3.05, 3.63) is 30.0 Å². The van der Waals surface area contributed by atoms with E-state index in [1.807, 2.05) is 13.8 Å². The number of hydrogen-bond acceptors (Lipinski definition) is 3. The highest BCUT2D eigenvalue weighted by molar-refractivity contribution is 5.85.